The molecular weight excluding hydrogens is 428 g/mol. The van der Waals surface area contributed by atoms with Gasteiger partial charge in [-0.1, -0.05) is 45.0 Å². The Morgan fingerprint density at radius 1 is 1.16 bits per heavy atom. The normalized spacial score (nSPS) is 15.8. The van der Waals surface area contributed by atoms with Gasteiger partial charge in [-0.3, -0.25) is 14.2 Å². The van der Waals surface area contributed by atoms with Crippen LogP contribution in [0, 0.1) is 0 Å². The van der Waals surface area contributed by atoms with Crippen molar-refractivity contribution in [1.29, 1.82) is 0 Å². The first-order valence-corrected chi connectivity index (χ1v) is 11.6. The first-order valence-electron chi connectivity index (χ1n) is 10.7. The van der Waals surface area contributed by atoms with Crippen LogP contribution in [-0.2, 0) is 31.0 Å². The number of hydrogen-bond donors (Lipinski definition) is 0. The molecule has 0 unspecified atom stereocenters. The van der Waals surface area contributed by atoms with Gasteiger partial charge in [0.2, 0.25) is 5.91 Å². The van der Waals surface area contributed by atoms with Crippen LogP contribution >= 0.6 is 11.3 Å². The molecule has 0 bridgehead atoms. The van der Waals surface area contributed by atoms with E-state index in [0.29, 0.717) is 35.5 Å². The number of morpholine rings is 1. The van der Waals surface area contributed by atoms with E-state index in [9.17, 15) is 14.4 Å². The highest BCUT2D eigenvalue weighted by Gasteiger charge is 2.19. The van der Waals surface area contributed by atoms with Crippen molar-refractivity contribution < 1.29 is 19.1 Å². The highest BCUT2D eigenvalue weighted by molar-refractivity contribution is 7.07. The molecule has 3 rings (SSSR count). The van der Waals surface area contributed by atoms with Crippen molar-refractivity contribution in [2.24, 2.45) is 0 Å². The van der Waals surface area contributed by atoms with Gasteiger partial charge in [-0.2, -0.15) is 0 Å². The molecular formula is C24H30N2O5S. The van der Waals surface area contributed by atoms with Crippen LogP contribution in [0.15, 0.2) is 29.1 Å². The van der Waals surface area contributed by atoms with Crippen molar-refractivity contribution >= 4 is 35.4 Å². The Kier molecular flexibility index (Phi) is 7.69. The van der Waals surface area contributed by atoms with E-state index < -0.39 is 5.97 Å². The number of carbonyl (C=O) groups excluding carboxylic acids is 2. The molecule has 0 radical (unpaired) electrons. The first-order chi connectivity index (χ1) is 15.2. The molecule has 7 nitrogen and oxygen atoms in total. The van der Waals surface area contributed by atoms with E-state index in [1.807, 2.05) is 24.3 Å². The maximum absolute atomic E-state index is 13.2. The molecule has 0 N–H and O–H groups in total. The number of ether oxygens (including phenoxy) is 2. The minimum absolute atomic E-state index is 0.0375. The zero-order chi connectivity index (χ0) is 23.3. The fraction of sp³-hybridized carbons (Fsp3) is 0.458. The summed E-state index contributed by atoms with van der Waals surface area (Å²) in [6.45, 7) is 10.2. The summed E-state index contributed by atoms with van der Waals surface area (Å²) < 4.78 is 12.5. The number of aromatic nitrogens is 1. The Balaban J connectivity index is 2.00. The molecule has 0 atom stereocenters. The smallest absolute Gasteiger partial charge is 0.333 e. The van der Waals surface area contributed by atoms with E-state index in [0.717, 1.165) is 5.56 Å². The monoisotopic (exact) mass is 458 g/mol. The Hall–Kier alpha value is -2.71. The lowest BCUT2D eigenvalue weighted by molar-refractivity contribution is -0.136. The second kappa shape index (κ2) is 10.3. The Labute approximate surface area is 191 Å². The molecule has 1 aromatic carbocycles. The molecule has 32 heavy (non-hydrogen) atoms. The second-order valence-electron chi connectivity index (χ2n) is 8.60. The molecule has 0 aliphatic carbocycles. The molecule has 1 aliphatic heterocycles. The minimum Gasteiger partial charge on any atom is -0.463 e. The third-order valence-corrected chi connectivity index (χ3v) is 6.26. The molecule has 2 aromatic rings. The van der Waals surface area contributed by atoms with E-state index in [1.165, 1.54) is 27.5 Å². The third kappa shape index (κ3) is 5.95. The molecule has 1 amide bonds. The van der Waals surface area contributed by atoms with Gasteiger partial charge in [-0.15, -0.1) is 11.3 Å². The SMILES string of the molecule is CCOC(=O)C=c1sc(=Cc2ccc(C(C)(C)C)cc2)c(=O)n1CC(=O)N1CCOCC1. The molecule has 0 spiro atoms. The van der Waals surface area contributed by atoms with E-state index in [2.05, 4.69) is 20.8 Å². The number of esters is 1. The third-order valence-electron chi connectivity index (χ3n) is 5.20. The summed E-state index contributed by atoms with van der Waals surface area (Å²) in [6.07, 6.45) is 3.07. The van der Waals surface area contributed by atoms with Crippen molar-refractivity contribution in [2.75, 3.05) is 32.9 Å². The summed E-state index contributed by atoms with van der Waals surface area (Å²) in [4.78, 5) is 39.6. The highest BCUT2D eigenvalue weighted by atomic mass is 32.1. The van der Waals surface area contributed by atoms with Gasteiger partial charge in [0.25, 0.3) is 5.56 Å². The van der Waals surface area contributed by atoms with Crippen LogP contribution in [0.4, 0.5) is 0 Å². The average molecular weight is 459 g/mol. The van der Waals surface area contributed by atoms with Gasteiger partial charge in [-0.25, -0.2) is 4.79 Å². The zero-order valence-electron chi connectivity index (χ0n) is 19.1. The van der Waals surface area contributed by atoms with E-state index in [1.54, 1.807) is 17.9 Å². The van der Waals surface area contributed by atoms with E-state index in [4.69, 9.17) is 9.47 Å². The van der Waals surface area contributed by atoms with Crippen LogP contribution in [0.3, 0.4) is 0 Å². The predicted molar refractivity (Wildman–Crippen MR) is 125 cm³/mol. The lowest BCUT2D eigenvalue weighted by Gasteiger charge is -2.26. The fourth-order valence-corrected chi connectivity index (χ4v) is 4.39. The van der Waals surface area contributed by atoms with Gasteiger partial charge in [-0.05, 0) is 29.5 Å². The van der Waals surface area contributed by atoms with Crippen molar-refractivity contribution in [1.82, 2.24) is 9.47 Å². The van der Waals surface area contributed by atoms with Crippen LogP contribution in [0.5, 0.6) is 0 Å². The molecule has 1 fully saturated rings. The van der Waals surface area contributed by atoms with Crippen LogP contribution < -0.4 is 14.8 Å². The lowest BCUT2D eigenvalue weighted by Crippen LogP contribution is -2.45. The molecule has 2 heterocycles. The molecule has 172 valence electrons. The molecule has 1 aromatic heterocycles. The van der Waals surface area contributed by atoms with Crippen molar-refractivity contribution in [3.63, 3.8) is 0 Å². The summed E-state index contributed by atoms with van der Waals surface area (Å²) in [5.41, 5.74) is 1.82. The van der Waals surface area contributed by atoms with Gasteiger partial charge in [0.05, 0.1) is 30.4 Å². The minimum atomic E-state index is -0.539. The maximum Gasteiger partial charge on any atom is 0.333 e. The number of benzene rings is 1. The molecule has 0 saturated carbocycles. The number of carbonyl (C=O) groups is 2. The number of amides is 1. The Morgan fingerprint density at radius 3 is 2.41 bits per heavy atom. The van der Waals surface area contributed by atoms with Crippen molar-refractivity contribution in [3.05, 3.63) is 54.9 Å². The van der Waals surface area contributed by atoms with Gasteiger partial charge in [0.15, 0.2) is 0 Å². The number of nitrogens with zero attached hydrogens (tertiary/aromatic N) is 2. The second-order valence-corrected chi connectivity index (χ2v) is 9.66. The van der Waals surface area contributed by atoms with Crippen LogP contribution in [-0.4, -0.2) is 54.3 Å². The average Bonchev–Trinajstić information content (AvgIpc) is 3.03. The summed E-state index contributed by atoms with van der Waals surface area (Å²) in [6, 6.07) is 8.03. The largest absolute Gasteiger partial charge is 0.463 e. The Morgan fingerprint density at radius 2 is 1.81 bits per heavy atom. The predicted octanol–water partition coefficient (Wildman–Crippen LogP) is 1.24. The summed E-state index contributed by atoms with van der Waals surface area (Å²) >= 11 is 1.18. The van der Waals surface area contributed by atoms with Crippen LogP contribution in [0.25, 0.3) is 12.2 Å². The number of thiazole rings is 1. The van der Waals surface area contributed by atoms with E-state index in [-0.39, 0.29) is 30.0 Å². The lowest BCUT2D eigenvalue weighted by atomic mass is 9.87. The van der Waals surface area contributed by atoms with Gasteiger partial charge >= 0.3 is 5.97 Å². The maximum atomic E-state index is 13.2. The van der Waals surface area contributed by atoms with Crippen LogP contribution in [0.2, 0.25) is 0 Å². The topological polar surface area (TPSA) is 77.8 Å². The van der Waals surface area contributed by atoms with Crippen molar-refractivity contribution in [3.8, 4) is 0 Å². The summed E-state index contributed by atoms with van der Waals surface area (Å²) in [5, 5.41) is 0. The molecule has 8 heteroatoms. The van der Waals surface area contributed by atoms with Gasteiger partial charge in [0, 0.05) is 13.1 Å². The molecule has 1 saturated heterocycles. The standard InChI is InChI=1S/C24H30N2O5S/c1-5-31-22(28)15-21-26(16-20(27)25-10-12-30-13-11-25)23(29)19(32-21)14-17-6-8-18(9-7-17)24(2,3)4/h6-9,14-15H,5,10-13,16H2,1-4H3. The van der Waals surface area contributed by atoms with E-state index >= 15 is 0 Å². The van der Waals surface area contributed by atoms with Gasteiger partial charge in [0.1, 0.15) is 11.2 Å². The number of hydrogen-bond acceptors (Lipinski definition) is 6. The summed E-state index contributed by atoms with van der Waals surface area (Å²) in [7, 11) is 0. The fourth-order valence-electron chi connectivity index (χ4n) is 3.36. The quantitative estimate of drug-likeness (QED) is 0.630. The zero-order valence-corrected chi connectivity index (χ0v) is 19.9. The summed E-state index contributed by atoms with van der Waals surface area (Å²) in [5.74, 6) is -0.713. The number of rotatable bonds is 5. The highest BCUT2D eigenvalue weighted by Crippen LogP contribution is 2.22. The molecule has 1 aliphatic rings. The first kappa shape index (κ1) is 23.9. The van der Waals surface area contributed by atoms with Crippen molar-refractivity contribution in [2.45, 2.75) is 39.7 Å². The van der Waals surface area contributed by atoms with Crippen LogP contribution in [0.1, 0.15) is 38.8 Å². The van der Waals surface area contributed by atoms with Gasteiger partial charge < -0.3 is 14.4 Å². The Bertz CT molecular complexity index is 1130.